The molecule has 158 valence electrons. The Morgan fingerprint density at radius 2 is 1.90 bits per heavy atom. The zero-order valence-electron chi connectivity index (χ0n) is 17.1. The van der Waals surface area contributed by atoms with Crippen LogP contribution in [0.25, 0.3) is 17.3 Å². The third-order valence-corrected chi connectivity index (χ3v) is 4.67. The average Bonchev–Trinajstić information content (AvgIpc) is 2.65. The maximum absolute atomic E-state index is 13.4. The number of aromatic nitrogens is 1. The van der Waals surface area contributed by atoms with Crippen LogP contribution < -0.4 is 0 Å². The number of nitrogens with zero attached hydrogens (tertiary/aromatic N) is 2. The van der Waals surface area contributed by atoms with Gasteiger partial charge in [0.05, 0.1) is 35.6 Å². The molecule has 7 heteroatoms. The lowest BCUT2D eigenvalue weighted by molar-refractivity contribution is -0.139. The number of nitriles is 1. The van der Waals surface area contributed by atoms with Gasteiger partial charge >= 0.3 is 5.97 Å². The predicted molar refractivity (Wildman–Crippen MR) is 111 cm³/mol. The number of aliphatic hydroxyl groups excluding tert-OH is 2. The summed E-state index contributed by atoms with van der Waals surface area (Å²) in [6.45, 7) is 5.62. The molecule has 0 saturated carbocycles. The van der Waals surface area contributed by atoms with Crippen LogP contribution in [0.3, 0.4) is 0 Å². The molecule has 0 radical (unpaired) electrons. The summed E-state index contributed by atoms with van der Waals surface area (Å²) in [5.41, 5.74) is 3.56. The summed E-state index contributed by atoms with van der Waals surface area (Å²) in [7, 11) is 0. The Balaban J connectivity index is 2.55. The minimum Gasteiger partial charge on any atom is -0.481 e. The normalized spacial score (nSPS) is 13.4. The van der Waals surface area contributed by atoms with E-state index in [0.717, 1.165) is 5.56 Å². The van der Waals surface area contributed by atoms with Crippen molar-refractivity contribution in [2.45, 2.75) is 51.7 Å². The van der Waals surface area contributed by atoms with E-state index in [1.165, 1.54) is 18.2 Å². The van der Waals surface area contributed by atoms with Gasteiger partial charge in [0.15, 0.2) is 0 Å². The molecule has 0 aliphatic carbocycles. The van der Waals surface area contributed by atoms with Crippen LogP contribution in [0.15, 0.2) is 30.3 Å². The Hall–Kier alpha value is -3.08. The topological polar surface area (TPSA) is 114 Å². The lowest BCUT2D eigenvalue weighted by Crippen LogP contribution is -2.19. The molecule has 1 heterocycles. The quantitative estimate of drug-likeness (QED) is 0.608. The van der Waals surface area contributed by atoms with Crippen LogP contribution in [0.5, 0.6) is 0 Å². The highest BCUT2D eigenvalue weighted by molar-refractivity contribution is 5.77. The van der Waals surface area contributed by atoms with E-state index in [2.05, 4.69) is 11.1 Å². The number of aliphatic carboxylic acids is 1. The van der Waals surface area contributed by atoms with Crippen molar-refractivity contribution in [3.8, 4) is 17.3 Å². The van der Waals surface area contributed by atoms with Gasteiger partial charge in [-0.25, -0.2) is 4.39 Å². The smallest absolute Gasteiger partial charge is 0.305 e. The molecule has 0 aliphatic heterocycles. The molecule has 30 heavy (non-hydrogen) atoms. The number of hydrogen-bond acceptors (Lipinski definition) is 5. The van der Waals surface area contributed by atoms with Crippen LogP contribution in [0.2, 0.25) is 0 Å². The zero-order valence-corrected chi connectivity index (χ0v) is 17.1. The maximum Gasteiger partial charge on any atom is 0.305 e. The van der Waals surface area contributed by atoms with Crippen molar-refractivity contribution in [3.05, 3.63) is 58.5 Å². The highest BCUT2D eigenvalue weighted by atomic mass is 19.1. The third kappa shape index (κ3) is 5.72. The number of aryl methyl sites for hydroxylation is 1. The van der Waals surface area contributed by atoms with Crippen LogP contribution in [-0.2, 0) is 4.79 Å². The Morgan fingerprint density at radius 3 is 2.43 bits per heavy atom. The first kappa shape index (κ1) is 23.2. The summed E-state index contributed by atoms with van der Waals surface area (Å²) >= 11 is 0. The second-order valence-corrected chi connectivity index (χ2v) is 7.44. The van der Waals surface area contributed by atoms with Gasteiger partial charge in [0.25, 0.3) is 0 Å². The molecule has 2 rings (SSSR count). The van der Waals surface area contributed by atoms with Crippen molar-refractivity contribution >= 4 is 12.0 Å². The van der Waals surface area contributed by atoms with Crippen LogP contribution in [0, 0.1) is 24.1 Å². The number of rotatable bonds is 8. The molecule has 0 bridgehead atoms. The van der Waals surface area contributed by atoms with Crippen LogP contribution >= 0.6 is 0 Å². The fourth-order valence-electron chi connectivity index (χ4n) is 3.33. The Bertz CT molecular complexity index is 978. The molecule has 1 aromatic carbocycles. The SMILES string of the molecule is Cc1nc(-c2ccc(F)cc2)c(/C=C/C(O)CC(O)CC(=O)O)c(C(C)C)c1C#N. The standard InChI is InChI=1S/C23H25FN2O4/c1-13(2)22-19(9-8-17(27)10-18(28)11-21(29)30)23(26-14(3)20(22)12-25)15-4-6-16(24)7-5-15/h4-9,13,17-18,27-28H,10-11H2,1-3H3,(H,29,30)/b9-8+. The van der Waals surface area contributed by atoms with Crippen LogP contribution in [-0.4, -0.2) is 38.5 Å². The number of benzene rings is 1. The molecule has 2 unspecified atom stereocenters. The molecule has 0 amide bonds. The minimum absolute atomic E-state index is 0.0325. The van der Waals surface area contributed by atoms with Crippen molar-refractivity contribution in [2.75, 3.05) is 0 Å². The van der Waals surface area contributed by atoms with Crippen molar-refractivity contribution in [1.29, 1.82) is 5.26 Å². The largest absolute Gasteiger partial charge is 0.481 e. The fraction of sp³-hybridized carbons (Fsp3) is 0.348. The molecule has 0 spiro atoms. The van der Waals surface area contributed by atoms with E-state index in [9.17, 15) is 24.7 Å². The number of carboxylic acid groups (broad SMARTS) is 1. The molecule has 0 fully saturated rings. The predicted octanol–water partition coefficient (Wildman–Crippen LogP) is 3.79. The number of halogens is 1. The molecule has 0 aliphatic rings. The second-order valence-electron chi connectivity index (χ2n) is 7.44. The maximum atomic E-state index is 13.4. The van der Waals surface area contributed by atoms with E-state index < -0.39 is 24.6 Å². The van der Waals surface area contributed by atoms with Gasteiger partial charge in [-0.05, 0) is 42.7 Å². The third-order valence-electron chi connectivity index (χ3n) is 4.67. The summed E-state index contributed by atoms with van der Waals surface area (Å²) < 4.78 is 13.4. The van der Waals surface area contributed by atoms with E-state index in [0.29, 0.717) is 28.1 Å². The van der Waals surface area contributed by atoms with E-state index in [-0.39, 0.29) is 18.2 Å². The van der Waals surface area contributed by atoms with Crippen molar-refractivity contribution in [3.63, 3.8) is 0 Å². The zero-order chi connectivity index (χ0) is 22.4. The van der Waals surface area contributed by atoms with Gasteiger partial charge in [-0.1, -0.05) is 26.0 Å². The van der Waals surface area contributed by atoms with E-state index in [4.69, 9.17) is 5.11 Å². The van der Waals surface area contributed by atoms with Gasteiger partial charge in [0.2, 0.25) is 0 Å². The number of carboxylic acids is 1. The van der Waals surface area contributed by atoms with Crippen molar-refractivity contribution in [2.24, 2.45) is 0 Å². The van der Waals surface area contributed by atoms with Gasteiger partial charge in [-0.3, -0.25) is 9.78 Å². The average molecular weight is 412 g/mol. The van der Waals surface area contributed by atoms with Gasteiger partial charge in [-0.15, -0.1) is 0 Å². The fourth-order valence-corrected chi connectivity index (χ4v) is 3.33. The molecule has 0 saturated heterocycles. The second kappa shape index (κ2) is 10.1. The summed E-state index contributed by atoms with van der Waals surface area (Å²) in [5, 5.41) is 38.4. The Kier molecular flexibility index (Phi) is 7.81. The number of carbonyl (C=O) groups is 1. The minimum atomic E-state index is -1.19. The molecule has 1 aromatic heterocycles. The molecule has 2 aromatic rings. The molecule has 2 atom stereocenters. The summed E-state index contributed by atoms with van der Waals surface area (Å²) in [4.78, 5) is 15.3. The highest BCUT2D eigenvalue weighted by Crippen LogP contribution is 2.34. The monoisotopic (exact) mass is 412 g/mol. The van der Waals surface area contributed by atoms with Gasteiger partial charge in [-0.2, -0.15) is 5.26 Å². The number of aliphatic hydroxyl groups is 2. The first-order valence-electron chi connectivity index (χ1n) is 9.60. The van der Waals surface area contributed by atoms with Gasteiger partial charge in [0.1, 0.15) is 11.9 Å². The van der Waals surface area contributed by atoms with E-state index >= 15 is 0 Å². The Morgan fingerprint density at radius 1 is 1.27 bits per heavy atom. The first-order valence-corrected chi connectivity index (χ1v) is 9.60. The summed E-state index contributed by atoms with van der Waals surface area (Å²) in [6.07, 6.45) is 0.182. The molecular formula is C23H25FN2O4. The van der Waals surface area contributed by atoms with Gasteiger partial charge < -0.3 is 15.3 Å². The lowest BCUT2D eigenvalue weighted by Gasteiger charge is -2.19. The number of hydrogen-bond donors (Lipinski definition) is 3. The van der Waals surface area contributed by atoms with E-state index in [1.807, 2.05) is 13.8 Å². The van der Waals surface area contributed by atoms with Crippen molar-refractivity contribution < 1.29 is 24.5 Å². The highest BCUT2D eigenvalue weighted by Gasteiger charge is 2.20. The summed E-state index contributed by atoms with van der Waals surface area (Å²) in [6, 6.07) is 8.03. The molecule has 6 nitrogen and oxygen atoms in total. The molecule has 3 N–H and O–H groups in total. The lowest BCUT2D eigenvalue weighted by atomic mass is 9.88. The Labute approximate surface area is 175 Å². The van der Waals surface area contributed by atoms with E-state index in [1.54, 1.807) is 25.1 Å². The summed E-state index contributed by atoms with van der Waals surface area (Å²) in [5.74, 6) is -1.57. The first-order chi connectivity index (χ1) is 14.1. The van der Waals surface area contributed by atoms with Crippen molar-refractivity contribution in [1.82, 2.24) is 4.98 Å². The van der Waals surface area contributed by atoms with Crippen LogP contribution in [0.1, 0.15) is 55.0 Å². The van der Waals surface area contributed by atoms with Crippen LogP contribution in [0.4, 0.5) is 4.39 Å². The number of pyridine rings is 1. The molecular weight excluding hydrogens is 387 g/mol. The van der Waals surface area contributed by atoms with Gasteiger partial charge in [0, 0.05) is 17.5 Å².